The second kappa shape index (κ2) is 31.5. The summed E-state index contributed by atoms with van der Waals surface area (Å²) in [6.45, 7) is 13.8. The zero-order chi connectivity index (χ0) is 55.5. The highest BCUT2D eigenvalue weighted by Gasteiger charge is 2.55. The van der Waals surface area contributed by atoms with Gasteiger partial charge >= 0.3 is 14.6 Å². The van der Waals surface area contributed by atoms with Gasteiger partial charge in [0.25, 0.3) is 0 Å². The first-order chi connectivity index (χ1) is 38.3. The second-order valence-electron chi connectivity index (χ2n) is 21.2. The summed E-state index contributed by atoms with van der Waals surface area (Å²) in [5, 5.41) is -0.182. The maximum Gasteiger partial charge on any atom is 0.335 e. The van der Waals surface area contributed by atoms with Crippen LogP contribution in [0.5, 0.6) is 0 Å². The Kier molecular flexibility index (Phi) is 24.6. The molecule has 0 saturated carbocycles. The van der Waals surface area contributed by atoms with Gasteiger partial charge in [-0.05, 0) is 51.5 Å². The van der Waals surface area contributed by atoms with Crippen LogP contribution in [0.1, 0.15) is 61.1 Å². The molecule has 14 nitrogen and oxygen atoms in total. The molecule has 0 spiro atoms. The third-order valence-corrected chi connectivity index (χ3v) is 19.7. The molecule has 6 aromatic rings. The number of esters is 1. The molecular weight excluding hydrogens is 1050 g/mol. The van der Waals surface area contributed by atoms with Crippen molar-refractivity contribution in [2.24, 2.45) is 0 Å². The first-order valence-corrected chi connectivity index (χ1v) is 31.0. The fraction of sp³-hybridized carbons (Fsp3) is 0.413. The van der Waals surface area contributed by atoms with Crippen LogP contribution in [0.15, 0.2) is 182 Å². The summed E-state index contributed by atoms with van der Waals surface area (Å²) < 4.78 is 88.5. The molecule has 8 rings (SSSR count). The summed E-state index contributed by atoms with van der Waals surface area (Å²) in [7, 11) is -3.44. The molecule has 425 valence electrons. The molecule has 11 atom stereocenters. The zero-order valence-electron chi connectivity index (χ0n) is 47.0. The van der Waals surface area contributed by atoms with Crippen LogP contribution in [0, 0.1) is 0 Å². The molecule has 17 heteroatoms. The fourth-order valence-corrected chi connectivity index (χ4v) is 11.3. The molecule has 2 aliphatic rings. The van der Waals surface area contributed by atoms with Crippen molar-refractivity contribution in [2.75, 3.05) is 20.3 Å². The Bertz CT molecular complexity index is 2660. The molecule has 2 fully saturated rings. The monoisotopic (exact) mass is 1130 g/mol. The lowest BCUT2D eigenvalue weighted by molar-refractivity contribution is -0.314. The van der Waals surface area contributed by atoms with Crippen LogP contribution in [-0.4, -0.2) is 104 Å². The van der Waals surface area contributed by atoms with Crippen molar-refractivity contribution in [3.05, 3.63) is 215 Å². The second-order valence-corrected chi connectivity index (χ2v) is 27.2. The Morgan fingerprint density at radius 1 is 0.463 bits per heavy atom. The molecule has 0 aliphatic carbocycles. The highest BCUT2D eigenvalue weighted by atomic mass is 31.2. The van der Waals surface area contributed by atoms with Crippen LogP contribution >= 0.6 is 8.60 Å². The van der Waals surface area contributed by atoms with Crippen LogP contribution in [0.4, 0.5) is 0 Å². The lowest BCUT2D eigenvalue weighted by atomic mass is 9.98. The average molecular weight is 1130 g/mol. The summed E-state index contributed by atoms with van der Waals surface area (Å²) in [5.41, 5.74) is 5.64. The van der Waals surface area contributed by atoms with Gasteiger partial charge in [-0.3, -0.25) is 9.32 Å². The third kappa shape index (κ3) is 18.5. The first kappa shape index (κ1) is 62.6. The Labute approximate surface area is 477 Å². The summed E-state index contributed by atoms with van der Waals surface area (Å²) in [5.74, 6) is -0.566. The van der Waals surface area contributed by atoms with E-state index in [1.54, 1.807) is 0 Å². The van der Waals surface area contributed by atoms with Gasteiger partial charge in [-0.1, -0.05) is 203 Å². The summed E-state index contributed by atoms with van der Waals surface area (Å²) in [4.78, 5) is 12.9. The molecular formula is C63H77BO14PSi. The van der Waals surface area contributed by atoms with Gasteiger partial charge in [0.15, 0.2) is 14.6 Å². The molecule has 6 aromatic carbocycles. The SMILES string of the molecule is COP(O[C@H]1O[C@H](COCc2ccccc2)[C@@H](O[Si](C)(C)C(C)(C)C)[C@H](OCc2ccccc2)[C@H]1OCc1ccccc1)O[C@H]1[C@H](OCc2ccccc2)[C@@H](OCc2ccccc2)C(OC(C)=O)O[C@@H]1COCc1ccccc1.[B]. The minimum atomic E-state index is -2.57. The third-order valence-electron chi connectivity index (χ3n) is 14.2. The number of rotatable bonds is 28. The first-order valence-electron chi connectivity index (χ1n) is 27.0. The van der Waals surface area contributed by atoms with Gasteiger partial charge in [0.05, 0.1) is 52.9 Å². The van der Waals surface area contributed by atoms with Crippen LogP contribution in [0.25, 0.3) is 0 Å². The predicted molar refractivity (Wildman–Crippen MR) is 309 cm³/mol. The summed E-state index contributed by atoms with van der Waals surface area (Å²) in [6, 6.07) is 59.2. The normalized spacial score (nSPS) is 23.6. The van der Waals surface area contributed by atoms with Gasteiger partial charge in [0.1, 0.15) is 48.8 Å². The van der Waals surface area contributed by atoms with Gasteiger partial charge < -0.3 is 56.1 Å². The van der Waals surface area contributed by atoms with E-state index in [0.717, 1.165) is 33.4 Å². The Morgan fingerprint density at radius 2 is 0.787 bits per heavy atom. The largest absolute Gasteiger partial charge is 0.433 e. The number of carbonyl (C=O) groups excluding carboxylic acids is 1. The fourth-order valence-electron chi connectivity index (χ4n) is 8.98. The van der Waals surface area contributed by atoms with Gasteiger partial charge in [-0.2, -0.15) is 0 Å². The molecule has 0 N–H and O–H groups in total. The van der Waals surface area contributed by atoms with Crippen molar-refractivity contribution in [1.29, 1.82) is 0 Å². The minimum absolute atomic E-state index is 0. The van der Waals surface area contributed by atoms with Crippen LogP contribution < -0.4 is 0 Å². The Morgan fingerprint density at radius 3 is 1.15 bits per heavy atom. The molecule has 2 unspecified atom stereocenters. The van der Waals surface area contributed by atoms with Gasteiger partial charge in [0.2, 0.25) is 6.29 Å². The average Bonchev–Trinajstić information content (AvgIpc) is 3.49. The molecule has 0 amide bonds. The van der Waals surface area contributed by atoms with E-state index in [4.69, 9.17) is 60.6 Å². The molecule has 2 saturated heterocycles. The highest BCUT2D eigenvalue weighted by molar-refractivity contribution is 7.41. The van der Waals surface area contributed by atoms with E-state index in [0.29, 0.717) is 6.61 Å². The molecule has 0 aromatic heterocycles. The van der Waals surface area contributed by atoms with Crippen LogP contribution in [-0.2, 0) is 105 Å². The molecule has 0 bridgehead atoms. The number of hydrogen-bond acceptors (Lipinski definition) is 14. The van der Waals surface area contributed by atoms with Crippen LogP contribution in [0.3, 0.4) is 0 Å². The lowest BCUT2D eigenvalue weighted by Gasteiger charge is -2.50. The molecule has 2 aliphatic heterocycles. The predicted octanol–water partition coefficient (Wildman–Crippen LogP) is 12.1. The highest BCUT2D eigenvalue weighted by Crippen LogP contribution is 2.49. The van der Waals surface area contributed by atoms with Crippen molar-refractivity contribution < 1.29 is 65.4 Å². The van der Waals surface area contributed by atoms with Crippen molar-refractivity contribution in [1.82, 2.24) is 0 Å². The topological polar surface area (TPSA) is 137 Å². The number of ether oxygens (including phenoxy) is 9. The van der Waals surface area contributed by atoms with Crippen molar-refractivity contribution in [3.63, 3.8) is 0 Å². The van der Waals surface area contributed by atoms with E-state index in [-0.39, 0.29) is 59.7 Å². The smallest absolute Gasteiger partial charge is 0.335 e. The van der Waals surface area contributed by atoms with Crippen molar-refractivity contribution in [3.8, 4) is 0 Å². The Hall–Kier alpha value is -4.98. The van der Waals surface area contributed by atoms with E-state index in [1.165, 1.54) is 14.0 Å². The van der Waals surface area contributed by atoms with Gasteiger partial charge in [0, 0.05) is 22.4 Å². The Balaban J connectivity index is 0.00000924. The molecule has 80 heavy (non-hydrogen) atoms. The van der Waals surface area contributed by atoms with Gasteiger partial charge in [-0.15, -0.1) is 0 Å². The molecule has 3 radical (unpaired) electrons. The number of hydrogen-bond donors (Lipinski definition) is 0. The maximum atomic E-state index is 12.9. The van der Waals surface area contributed by atoms with E-state index in [1.807, 2.05) is 182 Å². The van der Waals surface area contributed by atoms with E-state index >= 15 is 0 Å². The molecule has 2 heterocycles. The maximum absolute atomic E-state index is 12.9. The van der Waals surface area contributed by atoms with Crippen LogP contribution in [0.2, 0.25) is 18.1 Å². The quantitative estimate of drug-likeness (QED) is 0.0262. The lowest BCUT2D eigenvalue weighted by Crippen LogP contribution is -2.64. The summed E-state index contributed by atoms with van der Waals surface area (Å²) >= 11 is 0. The standard InChI is InChI=1S/C63H77O14PSi.B/c1-46(64)72-61-59(70-42-51-34-22-12-23-35-51)57(68-40-49-30-18-10-19-31-49)55(53(73-61)44-66-38-47-26-14-8-15-27-47)75-78(65-5)76-62-60(71-43-52-36-24-13-25-37-52)58(69-41-50-32-20-11-21-33-50)56(77-79(6,7)63(2,3)4)54(74-62)45-67-39-48-28-16-9-17-29-48;/h8-37,53-62H,38-45H2,1-7H3;/t53-,54-,55-,56-,57+,58+,59-,60-,61?,62-,78?;/m1./s1. The van der Waals surface area contributed by atoms with E-state index in [2.05, 4.69) is 33.9 Å². The van der Waals surface area contributed by atoms with Crippen molar-refractivity contribution in [2.45, 2.75) is 147 Å². The minimum Gasteiger partial charge on any atom is -0.433 e. The van der Waals surface area contributed by atoms with E-state index < -0.39 is 84.3 Å². The van der Waals surface area contributed by atoms with Gasteiger partial charge in [-0.25, -0.2) is 0 Å². The summed E-state index contributed by atoms with van der Waals surface area (Å²) in [6.07, 6.45) is -9.41. The zero-order valence-corrected chi connectivity index (χ0v) is 48.9. The van der Waals surface area contributed by atoms with E-state index in [9.17, 15) is 4.79 Å². The van der Waals surface area contributed by atoms with Crippen molar-refractivity contribution >= 4 is 31.3 Å². The number of benzene rings is 6. The number of carbonyl (C=O) groups is 1.